The highest BCUT2D eigenvalue weighted by Gasteiger charge is 2.27. The number of hydrogen-bond donors (Lipinski definition) is 2. The Morgan fingerprint density at radius 2 is 2.00 bits per heavy atom. The van der Waals surface area contributed by atoms with Gasteiger partial charge in [-0.1, -0.05) is 29.8 Å². The maximum atomic E-state index is 6.09. The summed E-state index contributed by atoms with van der Waals surface area (Å²) in [6, 6.07) is 8.69. The Morgan fingerprint density at radius 3 is 2.64 bits per heavy atom. The predicted octanol–water partition coefficient (Wildman–Crippen LogP) is 3.05. The number of nitrogens with zero attached hydrogens (tertiary/aromatic N) is 1. The zero-order chi connectivity index (χ0) is 18.3. The van der Waals surface area contributed by atoms with E-state index in [1.807, 2.05) is 0 Å². The normalized spacial score (nSPS) is 21.9. The van der Waals surface area contributed by atoms with Crippen molar-refractivity contribution in [2.24, 2.45) is 10.9 Å². The Kier molecular flexibility index (Phi) is 7.26. The molecule has 1 aromatic rings. The van der Waals surface area contributed by atoms with Crippen molar-refractivity contribution >= 4 is 5.96 Å². The molecule has 0 bridgehead atoms. The molecule has 1 aromatic carbocycles. The van der Waals surface area contributed by atoms with Gasteiger partial charge in [-0.3, -0.25) is 4.99 Å². The second kappa shape index (κ2) is 9.20. The van der Waals surface area contributed by atoms with Crippen LogP contribution in [0, 0.1) is 12.8 Å². The fourth-order valence-electron chi connectivity index (χ4n) is 2.99. The van der Waals surface area contributed by atoms with Crippen LogP contribution in [0.3, 0.4) is 0 Å². The third kappa shape index (κ3) is 6.01. The highest BCUT2D eigenvalue weighted by molar-refractivity contribution is 5.79. The van der Waals surface area contributed by atoms with Crippen LogP contribution in [0.15, 0.2) is 29.3 Å². The third-order valence-corrected chi connectivity index (χ3v) is 4.84. The van der Waals surface area contributed by atoms with Gasteiger partial charge in [-0.05, 0) is 39.2 Å². The monoisotopic (exact) mass is 347 g/mol. The number of methoxy groups -OCH3 is 1. The minimum atomic E-state index is -0.226. The summed E-state index contributed by atoms with van der Waals surface area (Å²) in [5.41, 5.74) is 2.32. The predicted molar refractivity (Wildman–Crippen MR) is 103 cm³/mol. The molecule has 1 aliphatic heterocycles. The van der Waals surface area contributed by atoms with Gasteiger partial charge >= 0.3 is 0 Å². The molecule has 0 amide bonds. The van der Waals surface area contributed by atoms with Gasteiger partial charge in [0.1, 0.15) is 0 Å². The molecule has 0 saturated carbocycles. The third-order valence-electron chi connectivity index (χ3n) is 4.84. The number of benzene rings is 1. The van der Waals surface area contributed by atoms with Crippen LogP contribution in [-0.2, 0) is 9.47 Å². The lowest BCUT2D eigenvalue weighted by Crippen LogP contribution is -2.47. The van der Waals surface area contributed by atoms with Gasteiger partial charge in [-0.25, -0.2) is 0 Å². The zero-order valence-electron chi connectivity index (χ0n) is 16.3. The smallest absolute Gasteiger partial charge is 0.191 e. The fraction of sp³-hybridized carbons (Fsp3) is 0.650. The van der Waals surface area contributed by atoms with Crippen LogP contribution in [0.2, 0.25) is 0 Å². The van der Waals surface area contributed by atoms with Crippen LogP contribution in [0.5, 0.6) is 0 Å². The van der Waals surface area contributed by atoms with E-state index in [2.05, 4.69) is 60.7 Å². The average Bonchev–Trinajstić information content (AvgIpc) is 2.63. The summed E-state index contributed by atoms with van der Waals surface area (Å²) in [5.74, 6) is 1.24. The molecular formula is C20H33N3O2. The molecular weight excluding hydrogens is 314 g/mol. The standard InChI is InChI=1S/C20H33N3O2/c1-15-8-10-16(11-9-15)18-17(7-6-12-25-18)13-22-19(21-4)23-14-20(2,3)24-5/h8-11,17-18H,6-7,12-14H2,1-5H3,(H2,21,22,23). The Morgan fingerprint density at radius 1 is 1.28 bits per heavy atom. The zero-order valence-corrected chi connectivity index (χ0v) is 16.3. The van der Waals surface area contributed by atoms with Crippen molar-refractivity contribution in [3.63, 3.8) is 0 Å². The summed E-state index contributed by atoms with van der Waals surface area (Å²) in [5, 5.41) is 6.79. The number of guanidine groups is 1. The summed E-state index contributed by atoms with van der Waals surface area (Å²) < 4.78 is 11.5. The second-order valence-electron chi connectivity index (χ2n) is 7.37. The number of aliphatic imine (C=N–C) groups is 1. The van der Waals surface area contributed by atoms with Crippen molar-refractivity contribution in [2.75, 3.05) is 33.9 Å². The van der Waals surface area contributed by atoms with Crippen molar-refractivity contribution in [1.29, 1.82) is 0 Å². The number of ether oxygens (including phenoxy) is 2. The van der Waals surface area contributed by atoms with E-state index >= 15 is 0 Å². The van der Waals surface area contributed by atoms with Crippen molar-refractivity contribution in [3.05, 3.63) is 35.4 Å². The van der Waals surface area contributed by atoms with E-state index in [-0.39, 0.29) is 11.7 Å². The maximum Gasteiger partial charge on any atom is 0.191 e. The Balaban J connectivity index is 1.93. The van der Waals surface area contributed by atoms with Crippen LogP contribution in [0.1, 0.15) is 43.9 Å². The molecule has 1 fully saturated rings. The van der Waals surface area contributed by atoms with Crippen molar-refractivity contribution < 1.29 is 9.47 Å². The molecule has 140 valence electrons. The molecule has 2 unspecified atom stereocenters. The molecule has 1 aliphatic rings. The lowest BCUT2D eigenvalue weighted by atomic mass is 9.89. The van der Waals surface area contributed by atoms with Gasteiger partial charge in [-0.15, -0.1) is 0 Å². The number of rotatable bonds is 6. The van der Waals surface area contributed by atoms with E-state index in [0.717, 1.165) is 32.0 Å². The SMILES string of the molecule is CN=C(NCC1CCCOC1c1ccc(C)cc1)NCC(C)(C)OC. The first-order chi connectivity index (χ1) is 11.9. The maximum absolute atomic E-state index is 6.09. The topological polar surface area (TPSA) is 54.9 Å². The highest BCUT2D eigenvalue weighted by atomic mass is 16.5. The van der Waals surface area contributed by atoms with Crippen molar-refractivity contribution in [1.82, 2.24) is 10.6 Å². The number of hydrogen-bond acceptors (Lipinski definition) is 3. The van der Waals surface area contributed by atoms with Crippen molar-refractivity contribution in [2.45, 2.75) is 45.3 Å². The van der Waals surface area contributed by atoms with Gasteiger partial charge < -0.3 is 20.1 Å². The molecule has 1 saturated heterocycles. The Bertz CT molecular complexity index is 555. The average molecular weight is 348 g/mol. The molecule has 1 heterocycles. The lowest BCUT2D eigenvalue weighted by Gasteiger charge is -2.33. The van der Waals surface area contributed by atoms with Crippen LogP contribution in [0.25, 0.3) is 0 Å². The first-order valence-electron chi connectivity index (χ1n) is 9.13. The summed E-state index contributed by atoms with van der Waals surface area (Å²) in [6.45, 7) is 8.59. The summed E-state index contributed by atoms with van der Waals surface area (Å²) in [4.78, 5) is 4.32. The molecule has 0 radical (unpaired) electrons. The van der Waals surface area contributed by atoms with Crippen molar-refractivity contribution in [3.8, 4) is 0 Å². The second-order valence-corrected chi connectivity index (χ2v) is 7.37. The summed E-state index contributed by atoms with van der Waals surface area (Å²) in [7, 11) is 3.52. The van der Waals surface area contributed by atoms with E-state index in [9.17, 15) is 0 Å². The number of aryl methyl sites for hydroxylation is 1. The molecule has 0 aromatic heterocycles. The van der Waals surface area contributed by atoms with E-state index in [1.54, 1.807) is 14.2 Å². The van der Waals surface area contributed by atoms with E-state index in [0.29, 0.717) is 12.5 Å². The quantitative estimate of drug-likeness (QED) is 0.613. The summed E-state index contributed by atoms with van der Waals surface area (Å²) >= 11 is 0. The molecule has 2 N–H and O–H groups in total. The van der Waals surface area contributed by atoms with Gasteiger partial charge in [0.2, 0.25) is 0 Å². The Labute approximate surface area is 152 Å². The van der Waals surface area contributed by atoms with Gasteiger partial charge in [0.25, 0.3) is 0 Å². The summed E-state index contributed by atoms with van der Waals surface area (Å²) in [6.07, 6.45) is 2.42. The number of nitrogens with one attached hydrogen (secondary N) is 2. The first-order valence-corrected chi connectivity index (χ1v) is 9.13. The van der Waals surface area contributed by atoms with Gasteiger partial charge in [0, 0.05) is 39.8 Å². The molecule has 5 nitrogen and oxygen atoms in total. The highest BCUT2D eigenvalue weighted by Crippen LogP contribution is 2.33. The molecule has 0 spiro atoms. The van der Waals surface area contributed by atoms with E-state index in [1.165, 1.54) is 11.1 Å². The van der Waals surface area contributed by atoms with Crippen LogP contribution in [0.4, 0.5) is 0 Å². The minimum Gasteiger partial charge on any atom is -0.377 e. The Hall–Kier alpha value is -1.59. The van der Waals surface area contributed by atoms with Crippen LogP contribution < -0.4 is 10.6 Å². The molecule has 25 heavy (non-hydrogen) atoms. The minimum absolute atomic E-state index is 0.148. The van der Waals surface area contributed by atoms with Crippen LogP contribution in [-0.4, -0.2) is 45.4 Å². The van der Waals surface area contributed by atoms with Gasteiger partial charge in [0.15, 0.2) is 5.96 Å². The van der Waals surface area contributed by atoms with E-state index in [4.69, 9.17) is 9.47 Å². The lowest BCUT2D eigenvalue weighted by molar-refractivity contribution is -0.0266. The molecule has 5 heteroatoms. The van der Waals surface area contributed by atoms with Gasteiger partial charge in [-0.2, -0.15) is 0 Å². The molecule has 2 atom stereocenters. The van der Waals surface area contributed by atoms with Crippen LogP contribution >= 0.6 is 0 Å². The molecule has 2 rings (SSSR count). The van der Waals surface area contributed by atoms with Gasteiger partial charge in [0.05, 0.1) is 11.7 Å². The van der Waals surface area contributed by atoms with E-state index < -0.39 is 0 Å². The molecule has 0 aliphatic carbocycles. The fourth-order valence-corrected chi connectivity index (χ4v) is 2.99. The first kappa shape index (κ1) is 19.7. The largest absolute Gasteiger partial charge is 0.377 e.